The minimum atomic E-state index is 0.541. The molecule has 0 saturated carbocycles. The van der Waals surface area contributed by atoms with Gasteiger partial charge >= 0.3 is 0 Å². The van der Waals surface area contributed by atoms with E-state index in [0.29, 0.717) is 6.04 Å². The van der Waals surface area contributed by atoms with Gasteiger partial charge in [-0.1, -0.05) is 0 Å². The maximum atomic E-state index is 4.67. The highest BCUT2D eigenvalue weighted by Gasteiger charge is 2.36. The Labute approximate surface area is 117 Å². The van der Waals surface area contributed by atoms with Crippen LogP contribution in [0.4, 0.5) is 5.95 Å². The number of aromatic nitrogens is 5. The van der Waals surface area contributed by atoms with E-state index < -0.39 is 0 Å². The van der Waals surface area contributed by atoms with Gasteiger partial charge in [-0.15, -0.1) is 5.10 Å². The molecule has 2 aliphatic heterocycles. The van der Waals surface area contributed by atoms with Crippen molar-refractivity contribution in [3.63, 3.8) is 0 Å². The number of nitrogens with one attached hydrogen (secondary N) is 2. The third-order valence-electron chi connectivity index (χ3n) is 4.47. The normalized spacial score (nSPS) is 25.9. The van der Waals surface area contributed by atoms with E-state index >= 15 is 0 Å². The number of fused-ring (bicyclic) bond motifs is 1. The molecule has 0 bridgehead atoms. The summed E-state index contributed by atoms with van der Waals surface area (Å²) in [5.41, 5.74) is 0.960. The maximum Gasteiger partial charge on any atom is 0.245 e. The molecule has 2 aromatic heterocycles. The molecule has 2 aliphatic rings. The minimum Gasteiger partial charge on any atom is -0.335 e. The molecule has 0 aromatic carbocycles. The summed E-state index contributed by atoms with van der Waals surface area (Å²) in [7, 11) is 1.91. The first kappa shape index (κ1) is 11.9. The van der Waals surface area contributed by atoms with Crippen LogP contribution < -0.4 is 10.2 Å². The van der Waals surface area contributed by atoms with Gasteiger partial charge in [0.15, 0.2) is 5.82 Å². The van der Waals surface area contributed by atoms with Crippen molar-refractivity contribution >= 4 is 5.95 Å². The molecule has 106 valence electrons. The second kappa shape index (κ2) is 4.59. The summed E-state index contributed by atoms with van der Waals surface area (Å²) >= 11 is 0. The Hall–Kier alpha value is -1.89. The Morgan fingerprint density at radius 3 is 3.15 bits per heavy atom. The third-order valence-corrected chi connectivity index (χ3v) is 4.47. The molecule has 2 fully saturated rings. The second-order valence-electron chi connectivity index (χ2n) is 5.65. The topological polar surface area (TPSA) is 74.7 Å². The smallest absolute Gasteiger partial charge is 0.245 e. The lowest BCUT2D eigenvalue weighted by Gasteiger charge is -2.36. The quantitative estimate of drug-likeness (QED) is 0.828. The Morgan fingerprint density at radius 1 is 1.35 bits per heavy atom. The van der Waals surface area contributed by atoms with Crippen molar-refractivity contribution in [2.24, 2.45) is 13.0 Å². The molecule has 2 N–H and O–H groups in total. The Bertz CT molecular complexity index is 601. The predicted molar refractivity (Wildman–Crippen MR) is 75.3 cm³/mol. The summed E-state index contributed by atoms with van der Waals surface area (Å²) in [5.74, 6) is 2.34. The van der Waals surface area contributed by atoms with Crippen molar-refractivity contribution in [1.82, 2.24) is 30.3 Å². The number of anilines is 1. The first-order valence-corrected chi connectivity index (χ1v) is 7.21. The molecule has 7 heteroatoms. The van der Waals surface area contributed by atoms with Gasteiger partial charge < -0.3 is 10.2 Å². The number of hydrogen-bond donors (Lipinski definition) is 2. The van der Waals surface area contributed by atoms with Gasteiger partial charge in [0.2, 0.25) is 5.95 Å². The molecular weight excluding hydrogens is 254 g/mol. The standard InChI is InChI=1S/C13H19N7/c1-19-10(4-5-15-19)12-16-13(18-17-12)20-6-2-3-9-7-14-8-11(9)20/h4-5,9,11,14H,2-3,6-8H2,1H3,(H,16,17,18). The van der Waals surface area contributed by atoms with Gasteiger partial charge in [0.05, 0.1) is 0 Å². The van der Waals surface area contributed by atoms with Gasteiger partial charge in [-0.3, -0.25) is 9.78 Å². The molecule has 20 heavy (non-hydrogen) atoms. The van der Waals surface area contributed by atoms with Crippen LogP contribution in [-0.2, 0) is 7.05 Å². The fraction of sp³-hybridized carbons (Fsp3) is 0.615. The van der Waals surface area contributed by atoms with E-state index in [1.54, 1.807) is 10.9 Å². The lowest BCUT2D eigenvalue weighted by atomic mass is 9.92. The molecule has 2 atom stereocenters. The average Bonchev–Trinajstić information content (AvgIpc) is 3.17. The number of rotatable bonds is 2. The summed E-state index contributed by atoms with van der Waals surface area (Å²) in [6.07, 6.45) is 4.31. The molecule has 0 amide bonds. The maximum absolute atomic E-state index is 4.67. The lowest BCUT2D eigenvalue weighted by Crippen LogP contribution is -2.45. The van der Waals surface area contributed by atoms with Crippen molar-refractivity contribution in [3.8, 4) is 11.5 Å². The van der Waals surface area contributed by atoms with Gasteiger partial charge in [0.1, 0.15) is 5.69 Å². The van der Waals surface area contributed by atoms with Crippen LogP contribution in [-0.4, -0.2) is 50.6 Å². The van der Waals surface area contributed by atoms with E-state index in [-0.39, 0.29) is 0 Å². The molecule has 0 aliphatic carbocycles. The lowest BCUT2D eigenvalue weighted by molar-refractivity contribution is 0.381. The highest BCUT2D eigenvalue weighted by Crippen LogP contribution is 2.29. The molecule has 4 rings (SSSR count). The highest BCUT2D eigenvalue weighted by atomic mass is 15.4. The fourth-order valence-electron chi connectivity index (χ4n) is 3.42. The zero-order valence-corrected chi connectivity index (χ0v) is 11.6. The van der Waals surface area contributed by atoms with Crippen LogP contribution >= 0.6 is 0 Å². The Morgan fingerprint density at radius 2 is 2.30 bits per heavy atom. The SMILES string of the molecule is Cn1nccc1-c1nc(N2CCCC3CNCC32)n[nH]1. The van der Waals surface area contributed by atoms with Crippen molar-refractivity contribution in [3.05, 3.63) is 12.3 Å². The van der Waals surface area contributed by atoms with Crippen molar-refractivity contribution in [2.75, 3.05) is 24.5 Å². The number of aryl methyl sites for hydroxylation is 1. The van der Waals surface area contributed by atoms with Gasteiger partial charge in [-0.05, 0) is 24.8 Å². The number of aromatic amines is 1. The van der Waals surface area contributed by atoms with Gasteiger partial charge in [-0.25, -0.2) is 0 Å². The Balaban J connectivity index is 1.63. The molecule has 4 heterocycles. The van der Waals surface area contributed by atoms with E-state index in [0.717, 1.165) is 43.0 Å². The molecule has 7 nitrogen and oxygen atoms in total. The minimum absolute atomic E-state index is 0.541. The zero-order valence-electron chi connectivity index (χ0n) is 11.6. The van der Waals surface area contributed by atoms with Crippen molar-refractivity contribution in [1.29, 1.82) is 0 Å². The Kier molecular flexibility index (Phi) is 2.73. The first-order chi connectivity index (χ1) is 9.83. The van der Waals surface area contributed by atoms with Crippen molar-refractivity contribution < 1.29 is 0 Å². The van der Waals surface area contributed by atoms with E-state index in [9.17, 15) is 0 Å². The van der Waals surface area contributed by atoms with Gasteiger partial charge in [-0.2, -0.15) is 10.1 Å². The summed E-state index contributed by atoms with van der Waals surface area (Å²) in [6, 6.07) is 2.49. The summed E-state index contributed by atoms with van der Waals surface area (Å²) in [4.78, 5) is 7.02. The number of hydrogen-bond acceptors (Lipinski definition) is 5. The van der Waals surface area contributed by atoms with Crippen LogP contribution in [0, 0.1) is 5.92 Å². The van der Waals surface area contributed by atoms with E-state index in [4.69, 9.17) is 0 Å². The van der Waals surface area contributed by atoms with Crippen LogP contribution in [0.2, 0.25) is 0 Å². The van der Waals surface area contributed by atoms with E-state index in [2.05, 4.69) is 30.5 Å². The van der Waals surface area contributed by atoms with E-state index in [1.807, 2.05) is 13.1 Å². The van der Waals surface area contributed by atoms with Crippen LogP contribution in [0.5, 0.6) is 0 Å². The zero-order chi connectivity index (χ0) is 13.5. The summed E-state index contributed by atoms with van der Waals surface area (Å²) < 4.78 is 1.81. The van der Waals surface area contributed by atoms with Gasteiger partial charge in [0, 0.05) is 38.9 Å². The number of piperidine rings is 1. The number of H-pyrrole nitrogens is 1. The molecule has 0 radical (unpaired) electrons. The molecular formula is C13H19N7. The van der Waals surface area contributed by atoms with Gasteiger partial charge in [0.25, 0.3) is 0 Å². The van der Waals surface area contributed by atoms with Crippen LogP contribution in [0.3, 0.4) is 0 Å². The summed E-state index contributed by atoms with van der Waals surface area (Å²) in [5, 5.41) is 15.1. The number of nitrogens with zero attached hydrogens (tertiary/aromatic N) is 5. The van der Waals surface area contributed by atoms with Crippen LogP contribution in [0.1, 0.15) is 12.8 Å². The van der Waals surface area contributed by atoms with Crippen LogP contribution in [0.15, 0.2) is 12.3 Å². The fourth-order valence-corrected chi connectivity index (χ4v) is 3.42. The third kappa shape index (κ3) is 1.81. The monoisotopic (exact) mass is 273 g/mol. The molecule has 2 unspecified atom stereocenters. The molecule has 0 spiro atoms. The second-order valence-corrected chi connectivity index (χ2v) is 5.65. The largest absolute Gasteiger partial charge is 0.335 e. The average molecular weight is 273 g/mol. The van der Waals surface area contributed by atoms with Crippen molar-refractivity contribution in [2.45, 2.75) is 18.9 Å². The highest BCUT2D eigenvalue weighted by molar-refractivity contribution is 5.51. The molecule has 2 aromatic rings. The molecule has 2 saturated heterocycles. The predicted octanol–water partition coefficient (Wildman–Crippen LogP) is 0.393. The van der Waals surface area contributed by atoms with E-state index in [1.165, 1.54) is 12.8 Å². The summed E-state index contributed by atoms with van der Waals surface area (Å²) in [6.45, 7) is 3.21. The van der Waals surface area contributed by atoms with Crippen LogP contribution in [0.25, 0.3) is 11.5 Å². The first-order valence-electron chi connectivity index (χ1n) is 7.21.